The molecule has 3 nitrogen and oxygen atoms in total. The lowest BCUT2D eigenvalue weighted by molar-refractivity contribution is 0.0638. The zero-order chi connectivity index (χ0) is 17.2. The first-order valence-electron chi connectivity index (χ1n) is 8.14. The van der Waals surface area contributed by atoms with Crippen LogP contribution in [0, 0.1) is 5.92 Å². The monoisotopic (exact) mass is 318 g/mol. The molecular weight excluding hydrogens is 288 g/mol. The molecule has 0 amide bonds. The Morgan fingerprint density at radius 3 is 1.91 bits per heavy atom. The molecule has 1 rings (SSSR count). The summed E-state index contributed by atoms with van der Waals surface area (Å²) in [5, 5.41) is 0. The number of hydrogen-bond acceptors (Lipinski definition) is 3. The number of ether oxygens (including phenoxy) is 3. The maximum atomic E-state index is 5.63. The SMILES string of the molecule is COCC(C)OC=C(C)c1ccc(C(C)=COCC(C)C)cc1. The Bertz CT molecular complexity index is 512. The third-order valence-electron chi connectivity index (χ3n) is 3.36. The van der Waals surface area contributed by atoms with Gasteiger partial charge in [-0.05, 0) is 49.0 Å². The van der Waals surface area contributed by atoms with Crippen LogP contribution in [0.2, 0.25) is 0 Å². The maximum absolute atomic E-state index is 5.63. The maximum Gasteiger partial charge on any atom is 0.118 e. The van der Waals surface area contributed by atoms with E-state index in [0.29, 0.717) is 12.5 Å². The van der Waals surface area contributed by atoms with E-state index in [2.05, 4.69) is 45.0 Å². The molecule has 1 aromatic carbocycles. The molecule has 1 atom stereocenters. The number of methoxy groups -OCH3 is 1. The molecule has 128 valence electrons. The van der Waals surface area contributed by atoms with Gasteiger partial charge < -0.3 is 14.2 Å². The minimum atomic E-state index is 0.0532. The zero-order valence-electron chi connectivity index (χ0n) is 15.3. The summed E-state index contributed by atoms with van der Waals surface area (Å²) in [6, 6.07) is 8.42. The van der Waals surface area contributed by atoms with Crippen LogP contribution in [0.4, 0.5) is 0 Å². The van der Waals surface area contributed by atoms with Gasteiger partial charge in [-0.25, -0.2) is 0 Å². The Labute approximate surface area is 141 Å². The fourth-order valence-electron chi connectivity index (χ4n) is 1.99. The highest BCUT2D eigenvalue weighted by Gasteiger charge is 2.02. The second-order valence-electron chi connectivity index (χ2n) is 6.31. The lowest BCUT2D eigenvalue weighted by atomic mass is 10.0. The quantitative estimate of drug-likeness (QED) is 0.591. The summed E-state index contributed by atoms with van der Waals surface area (Å²) in [5.41, 5.74) is 4.54. The van der Waals surface area contributed by atoms with Crippen molar-refractivity contribution in [1.82, 2.24) is 0 Å². The van der Waals surface area contributed by atoms with Gasteiger partial charge in [0.1, 0.15) is 6.10 Å². The zero-order valence-corrected chi connectivity index (χ0v) is 15.3. The second-order valence-corrected chi connectivity index (χ2v) is 6.31. The van der Waals surface area contributed by atoms with Crippen LogP contribution in [-0.4, -0.2) is 26.4 Å². The number of allylic oxidation sites excluding steroid dienone is 2. The van der Waals surface area contributed by atoms with Crippen LogP contribution in [0.3, 0.4) is 0 Å². The van der Waals surface area contributed by atoms with Crippen molar-refractivity contribution in [3.05, 3.63) is 47.9 Å². The molecule has 0 bridgehead atoms. The Kier molecular flexibility index (Phi) is 8.49. The lowest BCUT2D eigenvalue weighted by Gasteiger charge is -2.11. The molecular formula is C20H30O3. The van der Waals surface area contributed by atoms with Crippen molar-refractivity contribution < 1.29 is 14.2 Å². The van der Waals surface area contributed by atoms with Crippen LogP contribution in [0.25, 0.3) is 11.1 Å². The Morgan fingerprint density at radius 1 is 0.913 bits per heavy atom. The minimum Gasteiger partial charge on any atom is -0.501 e. The van der Waals surface area contributed by atoms with Gasteiger partial charge in [-0.1, -0.05) is 38.1 Å². The normalized spacial score (nSPS) is 14.0. The minimum absolute atomic E-state index is 0.0532. The number of hydrogen-bond donors (Lipinski definition) is 0. The largest absolute Gasteiger partial charge is 0.501 e. The highest BCUT2D eigenvalue weighted by atomic mass is 16.5. The molecule has 0 spiro atoms. The molecule has 0 aliphatic carbocycles. The Morgan fingerprint density at radius 2 is 1.43 bits per heavy atom. The molecule has 0 heterocycles. The van der Waals surface area contributed by atoms with Crippen LogP contribution in [0.15, 0.2) is 36.8 Å². The fourth-order valence-corrected chi connectivity index (χ4v) is 1.99. The first-order chi connectivity index (χ1) is 10.9. The van der Waals surface area contributed by atoms with E-state index in [1.807, 2.05) is 20.1 Å². The fraction of sp³-hybridized carbons (Fsp3) is 0.500. The van der Waals surface area contributed by atoms with Gasteiger partial charge in [-0.2, -0.15) is 0 Å². The van der Waals surface area contributed by atoms with Crippen molar-refractivity contribution in [3.63, 3.8) is 0 Å². The van der Waals surface area contributed by atoms with E-state index in [0.717, 1.165) is 23.3 Å². The predicted octanol–water partition coefficient (Wildman–Crippen LogP) is 5.13. The van der Waals surface area contributed by atoms with Gasteiger partial charge in [0.2, 0.25) is 0 Å². The molecule has 0 aromatic heterocycles. The van der Waals surface area contributed by atoms with E-state index in [-0.39, 0.29) is 6.10 Å². The van der Waals surface area contributed by atoms with E-state index in [1.54, 1.807) is 13.4 Å². The molecule has 0 saturated carbocycles. The van der Waals surface area contributed by atoms with E-state index in [9.17, 15) is 0 Å². The Balaban J connectivity index is 2.66. The van der Waals surface area contributed by atoms with Crippen LogP contribution in [0.1, 0.15) is 45.7 Å². The molecule has 3 heteroatoms. The first kappa shape index (κ1) is 19.3. The first-order valence-corrected chi connectivity index (χ1v) is 8.14. The number of benzene rings is 1. The molecule has 1 unspecified atom stereocenters. The van der Waals surface area contributed by atoms with Gasteiger partial charge in [0.25, 0.3) is 0 Å². The van der Waals surface area contributed by atoms with Gasteiger partial charge in [0.15, 0.2) is 0 Å². The average molecular weight is 318 g/mol. The summed E-state index contributed by atoms with van der Waals surface area (Å²) in [7, 11) is 1.68. The highest BCUT2D eigenvalue weighted by Crippen LogP contribution is 2.19. The average Bonchev–Trinajstić information content (AvgIpc) is 2.52. The molecule has 1 aromatic rings. The van der Waals surface area contributed by atoms with Gasteiger partial charge in [-0.15, -0.1) is 0 Å². The molecule has 0 aliphatic heterocycles. The van der Waals surface area contributed by atoms with E-state index in [1.165, 1.54) is 5.56 Å². The van der Waals surface area contributed by atoms with Crippen molar-refractivity contribution in [3.8, 4) is 0 Å². The summed E-state index contributed by atoms with van der Waals surface area (Å²) < 4.78 is 16.3. The Hall–Kier alpha value is -1.74. The molecule has 23 heavy (non-hydrogen) atoms. The molecule has 0 saturated heterocycles. The van der Waals surface area contributed by atoms with E-state index < -0.39 is 0 Å². The van der Waals surface area contributed by atoms with Crippen LogP contribution < -0.4 is 0 Å². The summed E-state index contributed by atoms with van der Waals surface area (Å²) >= 11 is 0. The van der Waals surface area contributed by atoms with Crippen molar-refractivity contribution in [2.75, 3.05) is 20.3 Å². The third-order valence-corrected chi connectivity index (χ3v) is 3.36. The van der Waals surface area contributed by atoms with Crippen molar-refractivity contribution >= 4 is 11.1 Å². The molecule has 0 N–H and O–H groups in total. The summed E-state index contributed by atoms with van der Waals surface area (Å²) in [4.78, 5) is 0. The van der Waals surface area contributed by atoms with Crippen molar-refractivity contribution in [2.45, 2.75) is 40.7 Å². The molecule has 0 aliphatic rings. The van der Waals surface area contributed by atoms with Crippen LogP contribution >= 0.6 is 0 Å². The van der Waals surface area contributed by atoms with Gasteiger partial charge in [0, 0.05) is 7.11 Å². The van der Waals surface area contributed by atoms with Crippen LogP contribution in [-0.2, 0) is 14.2 Å². The van der Waals surface area contributed by atoms with Crippen LogP contribution in [0.5, 0.6) is 0 Å². The number of rotatable bonds is 9. The standard InChI is InChI=1S/C20H30O3/c1-15(2)11-22-12-16(3)19-7-9-20(10-8-19)17(4)13-23-18(5)14-21-6/h7-10,12-13,15,18H,11,14H2,1-6H3. The third kappa shape index (κ3) is 7.38. The molecule has 0 radical (unpaired) electrons. The smallest absolute Gasteiger partial charge is 0.118 e. The van der Waals surface area contributed by atoms with E-state index in [4.69, 9.17) is 14.2 Å². The summed E-state index contributed by atoms with van der Waals surface area (Å²) in [6.07, 6.45) is 3.69. The predicted molar refractivity (Wildman–Crippen MR) is 97.0 cm³/mol. The topological polar surface area (TPSA) is 27.7 Å². The summed E-state index contributed by atoms with van der Waals surface area (Å²) in [6.45, 7) is 11.7. The second kappa shape index (κ2) is 10.1. The lowest BCUT2D eigenvalue weighted by Crippen LogP contribution is -2.11. The highest BCUT2D eigenvalue weighted by molar-refractivity contribution is 5.68. The van der Waals surface area contributed by atoms with Gasteiger partial charge >= 0.3 is 0 Å². The van der Waals surface area contributed by atoms with Crippen molar-refractivity contribution in [2.24, 2.45) is 5.92 Å². The van der Waals surface area contributed by atoms with Gasteiger partial charge in [0.05, 0.1) is 25.7 Å². The van der Waals surface area contributed by atoms with E-state index >= 15 is 0 Å². The van der Waals surface area contributed by atoms with Crippen molar-refractivity contribution in [1.29, 1.82) is 0 Å². The molecule has 0 fully saturated rings. The summed E-state index contributed by atoms with van der Waals surface area (Å²) in [5.74, 6) is 0.537. The van der Waals surface area contributed by atoms with Gasteiger partial charge in [-0.3, -0.25) is 0 Å².